The average Bonchev–Trinajstić information content (AvgIpc) is 2.74. The van der Waals surface area contributed by atoms with Gasteiger partial charge in [0.25, 0.3) is 11.8 Å². The van der Waals surface area contributed by atoms with Crippen molar-refractivity contribution in [3.63, 3.8) is 0 Å². The van der Waals surface area contributed by atoms with Crippen LogP contribution in [0.1, 0.15) is 52.8 Å². The van der Waals surface area contributed by atoms with Crippen LogP contribution in [0.4, 0.5) is 10.1 Å². The zero-order valence-electron chi connectivity index (χ0n) is 16.3. The summed E-state index contributed by atoms with van der Waals surface area (Å²) in [6.07, 6.45) is 5.54. The molecule has 0 aromatic heterocycles. The van der Waals surface area contributed by atoms with Gasteiger partial charge < -0.3 is 10.2 Å². The topological polar surface area (TPSA) is 61.4 Å². The molecule has 152 valence electrons. The van der Waals surface area contributed by atoms with E-state index in [1.807, 2.05) is 7.05 Å². The van der Waals surface area contributed by atoms with Gasteiger partial charge in [0, 0.05) is 18.7 Å². The van der Waals surface area contributed by atoms with Gasteiger partial charge in [-0.1, -0.05) is 31.4 Å². The molecular weight excluding hydrogens is 389 g/mol. The average molecular weight is 414 g/mol. The molecule has 1 aliphatic carbocycles. The van der Waals surface area contributed by atoms with E-state index in [4.69, 9.17) is 12.2 Å². The van der Waals surface area contributed by atoms with Crippen LogP contribution in [0.25, 0.3) is 0 Å². The maximum absolute atomic E-state index is 13.0. The summed E-state index contributed by atoms with van der Waals surface area (Å²) in [6, 6.07) is 12.5. The van der Waals surface area contributed by atoms with Crippen LogP contribution in [0.2, 0.25) is 0 Å². The fraction of sp³-hybridized carbons (Fsp3) is 0.318. The number of benzene rings is 2. The number of hydrogen-bond donors (Lipinski definition) is 2. The minimum absolute atomic E-state index is 0.0693. The minimum Gasteiger partial charge on any atom is -0.339 e. The van der Waals surface area contributed by atoms with Crippen LogP contribution in [-0.2, 0) is 0 Å². The Morgan fingerprint density at radius 2 is 1.69 bits per heavy atom. The molecule has 1 saturated carbocycles. The molecule has 2 N–H and O–H groups in total. The fourth-order valence-electron chi connectivity index (χ4n) is 3.53. The van der Waals surface area contributed by atoms with Gasteiger partial charge in [0.05, 0.1) is 11.3 Å². The van der Waals surface area contributed by atoms with Crippen molar-refractivity contribution in [2.75, 3.05) is 12.4 Å². The second kappa shape index (κ2) is 9.60. The van der Waals surface area contributed by atoms with E-state index in [0.29, 0.717) is 11.3 Å². The SMILES string of the molecule is CN(C(=O)c1ccccc1NC(=S)NC(=O)c1ccc(F)cc1)C1CCCCC1. The Morgan fingerprint density at radius 3 is 2.38 bits per heavy atom. The van der Waals surface area contributed by atoms with Gasteiger partial charge in [-0.3, -0.25) is 14.9 Å². The van der Waals surface area contributed by atoms with Crippen LogP contribution in [0.15, 0.2) is 48.5 Å². The standard InChI is InChI=1S/C22H24FN3O2S/c1-26(17-7-3-2-4-8-17)21(28)18-9-5-6-10-19(18)24-22(29)25-20(27)15-11-13-16(23)14-12-15/h5-6,9-14,17H,2-4,7-8H2,1H3,(H2,24,25,27,29). The number of thiocarbonyl (C=S) groups is 1. The maximum Gasteiger partial charge on any atom is 0.257 e. The Morgan fingerprint density at radius 1 is 1.03 bits per heavy atom. The van der Waals surface area contributed by atoms with E-state index in [2.05, 4.69) is 10.6 Å². The van der Waals surface area contributed by atoms with Crippen molar-refractivity contribution in [3.8, 4) is 0 Å². The number of nitrogens with one attached hydrogen (secondary N) is 2. The van der Waals surface area contributed by atoms with Gasteiger partial charge in [0.15, 0.2) is 5.11 Å². The highest BCUT2D eigenvalue weighted by atomic mass is 32.1. The smallest absolute Gasteiger partial charge is 0.257 e. The normalized spacial score (nSPS) is 14.1. The molecule has 3 rings (SSSR count). The zero-order chi connectivity index (χ0) is 20.8. The summed E-state index contributed by atoms with van der Waals surface area (Å²) >= 11 is 5.23. The van der Waals surface area contributed by atoms with Crippen LogP contribution in [-0.4, -0.2) is 34.9 Å². The van der Waals surface area contributed by atoms with Gasteiger partial charge in [-0.2, -0.15) is 0 Å². The van der Waals surface area contributed by atoms with E-state index >= 15 is 0 Å². The summed E-state index contributed by atoms with van der Waals surface area (Å²) in [6.45, 7) is 0. The molecule has 2 aromatic rings. The number of hydrogen-bond acceptors (Lipinski definition) is 3. The van der Waals surface area contributed by atoms with E-state index in [9.17, 15) is 14.0 Å². The van der Waals surface area contributed by atoms with Crippen molar-refractivity contribution in [2.24, 2.45) is 0 Å². The molecule has 5 nitrogen and oxygen atoms in total. The highest BCUT2D eigenvalue weighted by Crippen LogP contribution is 2.25. The first kappa shape index (κ1) is 20.9. The summed E-state index contributed by atoms with van der Waals surface area (Å²) in [5.74, 6) is -0.949. The van der Waals surface area contributed by atoms with E-state index < -0.39 is 11.7 Å². The van der Waals surface area contributed by atoms with E-state index in [1.165, 1.54) is 30.7 Å². The molecule has 0 aliphatic heterocycles. The molecule has 1 fully saturated rings. The van der Waals surface area contributed by atoms with Gasteiger partial charge in [-0.05, 0) is 61.5 Å². The number of carbonyl (C=O) groups is 2. The highest BCUT2D eigenvalue weighted by Gasteiger charge is 2.24. The lowest BCUT2D eigenvalue weighted by atomic mass is 9.94. The molecule has 2 aromatic carbocycles. The number of nitrogens with zero attached hydrogens (tertiary/aromatic N) is 1. The Balaban J connectivity index is 1.68. The van der Waals surface area contributed by atoms with Crippen LogP contribution >= 0.6 is 12.2 Å². The zero-order valence-corrected chi connectivity index (χ0v) is 17.1. The van der Waals surface area contributed by atoms with Gasteiger partial charge in [0.2, 0.25) is 0 Å². The molecule has 0 radical (unpaired) electrons. The molecule has 0 heterocycles. The highest BCUT2D eigenvalue weighted by molar-refractivity contribution is 7.80. The number of rotatable bonds is 4. The first-order valence-electron chi connectivity index (χ1n) is 9.70. The first-order valence-corrected chi connectivity index (χ1v) is 10.1. The van der Waals surface area contributed by atoms with Crippen molar-refractivity contribution in [2.45, 2.75) is 38.1 Å². The van der Waals surface area contributed by atoms with Crippen molar-refractivity contribution < 1.29 is 14.0 Å². The molecule has 0 saturated heterocycles. The number of para-hydroxylation sites is 1. The molecule has 0 bridgehead atoms. The predicted molar refractivity (Wildman–Crippen MR) is 115 cm³/mol. The Labute approximate surface area is 175 Å². The summed E-state index contributed by atoms with van der Waals surface area (Å²) in [5.41, 5.74) is 1.32. The third kappa shape index (κ3) is 5.38. The summed E-state index contributed by atoms with van der Waals surface area (Å²) in [5, 5.41) is 5.57. The van der Waals surface area contributed by atoms with E-state index in [1.54, 1.807) is 29.2 Å². The van der Waals surface area contributed by atoms with Gasteiger partial charge in [-0.25, -0.2) is 4.39 Å². The van der Waals surface area contributed by atoms with Gasteiger partial charge in [0.1, 0.15) is 5.82 Å². The second-order valence-electron chi connectivity index (χ2n) is 7.17. The van der Waals surface area contributed by atoms with Crippen LogP contribution < -0.4 is 10.6 Å². The van der Waals surface area contributed by atoms with Crippen LogP contribution in [0.3, 0.4) is 0 Å². The summed E-state index contributed by atoms with van der Waals surface area (Å²) in [7, 11) is 1.84. The van der Waals surface area contributed by atoms with Crippen molar-refractivity contribution in [1.29, 1.82) is 0 Å². The second-order valence-corrected chi connectivity index (χ2v) is 7.58. The number of carbonyl (C=O) groups excluding carboxylic acids is 2. The molecule has 2 amide bonds. The first-order chi connectivity index (χ1) is 14.0. The molecule has 29 heavy (non-hydrogen) atoms. The molecule has 1 aliphatic rings. The Bertz CT molecular complexity index is 895. The lowest BCUT2D eigenvalue weighted by Gasteiger charge is -2.31. The lowest BCUT2D eigenvalue weighted by Crippen LogP contribution is -2.39. The Hall–Kier alpha value is -2.80. The minimum atomic E-state index is -0.453. The lowest BCUT2D eigenvalue weighted by molar-refractivity contribution is 0.0697. The van der Waals surface area contributed by atoms with Crippen molar-refractivity contribution in [3.05, 3.63) is 65.5 Å². The third-order valence-electron chi connectivity index (χ3n) is 5.18. The summed E-state index contributed by atoms with van der Waals surface area (Å²) < 4.78 is 13.0. The van der Waals surface area contributed by atoms with Crippen molar-refractivity contribution >= 4 is 34.8 Å². The van der Waals surface area contributed by atoms with Gasteiger partial charge in [-0.15, -0.1) is 0 Å². The third-order valence-corrected chi connectivity index (χ3v) is 5.39. The molecular formula is C22H24FN3O2S. The van der Waals surface area contributed by atoms with Crippen LogP contribution in [0, 0.1) is 5.82 Å². The monoisotopic (exact) mass is 413 g/mol. The number of halogens is 1. The molecule has 7 heteroatoms. The van der Waals surface area contributed by atoms with E-state index in [0.717, 1.165) is 25.7 Å². The van der Waals surface area contributed by atoms with E-state index in [-0.39, 0.29) is 22.6 Å². The van der Waals surface area contributed by atoms with Gasteiger partial charge >= 0.3 is 0 Å². The number of amides is 2. The quantitative estimate of drug-likeness (QED) is 0.732. The molecule has 0 spiro atoms. The molecule has 0 atom stereocenters. The van der Waals surface area contributed by atoms with Crippen LogP contribution in [0.5, 0.6) is 0 Å². The predicted octanol–water partition coefficient (Wildman–Crippen LogP) is 4.36. The largest absolute Gasteiger partial charge is 0.339 e. The van der Waals surface area contributed by atoms with Crippen molar-refractivity contribution in [1.82, 2.24) is 10.2 Å². The number of anilines is 1. The Kier molecular flexibility index (Phi) is 6.93. The summed E-state index contributed by atoms with van der Waals surface area (Å²) in [4.78, 5) is 27.1. The fourth-order valence-corrected chi connectivity index (χ4v) is 3.74. The maximum atomic E-state index is 13.0. The molecule has 0 unspecified atom stereocenters.